The van der Waals surface area contributed by atoms with Crippen LogP contribution >= 0.6 is 31.9 Å². The first-order valence-electron chi connectivity index (χ1n) is 5.12. The highest BCUT2D eigenvalue weighted by Crippen LogP contribution is 2.32. The summed E-state index contributed by atoms with van der Waals surface area (Å²) in [4.78, 5) is 4.00. The van der Waals surface area contributed by atoms with Gasteiger partial charge in [0.25, 0.3) is 0 Å². The molecule has 17 heavy (non-hydrogen) atoms. The molecular weight excluding hydrogens is 346 g/mol. The molecule has 0 fully saturated rings. The minimum Gasteiger partial charge on any atom is -0.456 e. The lowest BCUT2D eigenvalue weighted by molar-refractivity contribution is 0.478. The van der Waals surface area contributed by atoms with Crippen molar-refractivity contribution < 1.29 is 4.74 Å². The standard InChI is InChI=1S/C13H11Br2NO/c1-8-5-10(6-9(2)13(8)15)17-12-3-4-16-7-11(12)14/h3-7H,1-2H3. The fourth-order valence-electron chi connectivity index (χ4n) is 1.54. The lowest BCUT2D eigenvalue weighted by Crippen LogP contribution is -1.89. The Morgan fingerprint density at radius 3 is 2.35 bits per heavy atom. The van der Waals surface area contributed by atoms with Gasteiger partial charge in [0.15, 0.2) is 0 Å². The molecule has 0 unspecified atom stereocenters. The molecule has 1 aromatic heterocycles. The first-order valence-corrected chi connectivity index (χ1v) is 6.70. The molecule has 0 saturated carbocycles. The summed E-state index contributed by atoms with van der Waals surface area (Å²) < 4.78 is 7.79. The lowest BCUT2D eigenvalue weighted by atomic mass is 10.1. The predicted molar refractivity (Wildman–Crippen MR) is 75.6 cm³/mol. The van der Waals surface area contributed by atoms with Gasteiger partial charge in [0.05, 0.1) is 4.47 Å². The molecule has 2 nitrogen and oxygen atoms in total. The van der Waals surface area contributed by atoms with E-state index in [-0.39, 0.29) is 0 Å². The van der Waals surface area contributed by atoms with Crippen LogP contribution in [0.15, 0.2) is 39.5 Å². The zero-order chi connectivity index (χ0) is 12.4. The molecule has 0 aliphatic heterocycles. The topological polar surface area (TPSA) is 22.1 Å². The fourth-order valence-corrected chi connectivity index (χ4v) is 2.10. The predicted octanol–water partition coefficient (Wildman–Crippen LogP) is 5.02. The Labute approximate surface area is 117 Å². The van der Waals surface area contributed by atoms with E-state index >= 15 is 0 Å². The molecule has 88 valence electrons. The van der Waals surface area contributed by atoms with Crippen molar-refractivity contribution in [3.05, 3.63) is 50.7 Å². The molecule has 4 heteroatoms. The van der Waals surface area contributed by atoms with Crippen molar-refractivity contribution in [3.63, 3.8) is 0 Å². The molecule has 0 aliphatic carbocycles. The summed E-state index contributed by atoms with van der Waals surface area (Å²) in [5.74, 6) is 1.59. The maximum atomic E-state index is 5.82. The molecular formula is C13H11Br2NO. The number of hydrogen-bond acceptors (Lipinski definition) is 2. The first kappa shape index (κ1) is 12.6. The van der Waals surface area contributed by atoms with Crippen LogP contribution in [0.25, 0.3) is 0 Å². The van der Waals surface area contributed by atoms with Crippen LogP contribution in [-0.2, 0) is 0 Å². The van der Waals surface area contributed by atoms with E-state index in [9.17, 15) is 0 Å². The number of benzene rings is 1. The van der Waals surface area contributed by atoms with Crippen LogP contribution in [0.1, 0.15) is 11.1 Å². The summed E-state index contributed by atoms with van der Waals surface area (Å²) in [6.45, 7) is 4.09. The average molecular weight is 357 g/mol. The van der Waals surface area contributed by atoms with E-state index < -0.39 is 0 Å². The second-order valence-electron chi connectivity index (χ2n) is 3.78. The SMILES string of the molecule is Cc1cc(Oc2ccncc2Br)cc(C)c1Br. The Hall–Kier alpha value is -0.870. The molecule has 0 radical (unpaired) electrons. The number of halogens is 2. The van der Waals surface area contributed by atoms with Gasteiger partial charge < -0.3 is 4.74 Å². The lowest BCUT2D eigenvalue weighted by Gasteiger charge is -2.10. The third-order valence-corrected chi connectivity index (χ3v) is 4.22. The molecule has 0 bridgehead atoms. The summed E-state index contributed by atoms with van der Waals surface area (Å²) in [5.41, 5.74) is 2.32. The number of aryl methyl sites for hydroxylation is 2. The fraction of sp³-hybridized carbons (Fsp3) is 0.154. The molecule has 1 heterocycles. The van der Waals surface area contributed by atoms with Crippen molar-refractivity contribution in [3.8, 4) is 11.5 Å². The molecule has 1 aromatic carbocycles. The second kappa shape index (κ2) is 5.19. The highest BCUT2D eigenvalue weighted by Gasteiger charge is 2.06. The molecule has 0 aliphatic rings. The minimum absolute atomic E-state index is 0.765. The molecule has 0 spiro atoms. The number of ether oxygens (including phenoxy) is 1. The third kappa shape index (κ3) is 2.87. The molecule has 0 atom stereocenters. The monoisotopic (exact) mass is 355 g/mol. The van der Waals surface area contributed by atoms with E-state index in [1.165, 1.54) is 0 Å². The summed E-state index contributed by atoms with van der Waals surface area (Å²) in [5, 5.41) is 0. The van der Waals surface area contributed by atoms with E-state index in [0.29, 0.717) is 0 Å². The molecule has 2 rings (SSSR count). The Balaban J connectivity index is 2.34. The Morgan fingerprint density at radius 2 is 1.76 bits per heavy atom. The summed E-state index contributed by atoms with van der Waals surface area (Å²) in [6.07, 6.45) is 3.42. The van der Waals surface area contributed by atoms with Crippen molar-refractivity contribution >= 4 is 31.9 Å². The van der Waals surface area contributed by atoms with Gasteiger partial charge >= 0.3 is 0 Å². The van der Waals surface area contributed by atoms with Gasteiger partial charge in [-0.15, -0.1) is 0 Å². The van der Waals surface area contributed by atoms with Crippen LogP contribution in [-0.4, -0.2) is 4.98 Å². The van der Waals surface area contributed by atoms with Gasteiger partial charge in [0.2, 0.25) is 0 Å². The van der Waals surface area contributed by atoms with Crippen molar-refractivity contribution in [2.24, 2.45) is 0 Å². The average Bonchev–Trinajstić information content (AvgIpc) is 2.29. The molecule has 0 saturated heterocycles. The largest absolute Gasteiger partial charge is 0.456 e. The van der Waals surface area contributed by atoms with Crippen LogP contribution in [0.3, 0.4) is 0 Å². The molecule has 0 amide bonds. The number of nitrogens with zero attached hydrogens (tertiary/aromatic N) is 1. The van der Waals surface area contributed by atoms with Crippen LogP contribution in [0.4, 0.5) is 0 Å². The van der Waals surface area contributed by atoms with Gasteiger partial charge in [0.1, 0.15) is 11.5 Å². The summed E-state index contributed by atoms with van der Waals surface area (Å²) in [6, 6.07) is 5.84. The number of aromatic nitrogens is 1. The van der Waals surface area contributed by atoms with Crippen LogP contribution in [0.2, 0.25) is 0 Å². The normalized spacial score (nSPS) is 10.4. The van der Waals surface area contributed by atoms with E-state index in [2.05, 4.69) is 36.8 Å². The zero-order valence-corrected chi connectivity index (χ0v) is 12.7. The van der Waals surface area contributed by atoms with Gasteiger partial charge in [0, 0.05) is 22.9 Å². The number of hydrogen-bond donors (Lipinski definition) is 0. The first-order chi connectivity index (χ1) is 8.08. The van der Waals surface area contributed by atoms with Gasteiger partial charge in [-0.3, -0.25) is 4.98 Å². The van der Waals surface area contributed by atoms with E-state index in [0.717, 1.165) is 31.6 Å². The summed E-state index contributed by atoms with van der Waals surface area (Å²) >= 11 is 6.95. The van der Waals surface area contributed by atoms with Gasteiger partial charge in [-0.25, -0.2) is 0 Å². The highest BCUT2D eigenvalue weighted by atomic mass is 79.9. The van der Waals surface area contributed by atoms with Gasteiger partial charge in [-0.1, -0.05) is 15.9 Å². The smallest absolute Gasteiger partial charge is 0.144 e. The molecule has 2 aromatic rings. The van der Waals surface area contributed by atoms with Crippen LogP contribution in [0.5, 0.6) is 11.5 Å². The van der Waals surface area contributed by atoms with Gasteiger partial charge in [-0.2, -0.15) is 0 Å². The zero-order valence-electron chi connectivity index (χ0n) is 9.50. The van der Waals surface area contributed by atoms with Crippen molar-refractivity contribution in [1.82, 2.24) is 4.98 Å². The molecule has 0 N–H and O–H groups in total. The Morgan fingerprint density at radius 1 is 1.12 bits per heavy atom. The Bertz CT molecular complexity index is 532. The van der Waals surface area contributed by atoms with E-state index in [1.54, 1.807) is 12.4 Å². The van der Waals surface area contributed by atoms with Crippen molar-refractivity contribution in [1.29, 1.82) is 0 Å². The van der Waals surface area contributed by atoms with Gasteiger partial charge in [-0.05, 0) is 53.0 Å². The maximum absolute atomic E-state index is 5.82. The minimum atomic E-state index is 0.765. The van der Waals surface area contributed by atoms with Crippen LogP contribution in [0, 0.1) is 13.8 Å². The number of rotatable bonds is 2. The maximum Gasteiger partial charge on any atom is 0.144 e. The number of pyridine rings is 1. The van der Waals surface area contributed by atoms with Crippen LogP contribution < -0.4 is 4.74 Å². The quantitative estimate of drug-likeness (QED) is 0.754. The van der Waals surface area contributed by atoms with Crippen molar-refractivity contribution in [2.45, 2.75) is 13.8 Å². The Kier molecular flexibility index (Phi) is 3.84. The van der Waals surface area contributed by atoms with Crippen molar-refractivity contribution in [2.75, 3.05) is 0 Å². The summed E-state index contributed by atoms with van der Waals surface area (Å²) in [7, 11) is 0. The second-order valence-corrected chi connectivity index (χ2v) is 5.43. The van der Waals surface area contributed by atoms with E-state index in [4.69, 9.17) is 4.74 Å². The highest BCUT2D eigenvalue weighted by molar-refractivity contribution is 9.10. The van der Waals surface area contributed by atoms with E-state index in [1.807, 2.05) is 32.0 Å². The third-order valence-electron chi connectivity index (χ3n) is 2.37.